The molecule has 1 amide bonds. The van der Waals surface area contributed by atoms with Crippen LogP contribution in [-0.4, -0.2) is 25.5 Å². The van der Waals surface area contributed by atoms with E-state index in [1.54, 1.807) is 35.3 Å². The molecule has 0 aliphatic rings. The largest absolute Gasteiger partial charge is 0.470 e. The van der Waals surface area contributed by atoms with Gasteiger partial charge in [-0.25, -0.2) is 4.68 Å². The fourth-order valence-corrected chi connectivity index (χ4v) is 2.49. The number of carbonyl (C=O) groups excluding carboxylic acids is 1. The van der Waals surface area contributed by atoms with Crippen LogP contribution in [0.5, 0.6) is 5.75 Å². The summed E-state index contributed by atoms with van der Waals surface area (Å²) in [5.41, 5.74) is 2.39. The van der Waals surface area contributed by atoms with E-state index in [1.807, 2.05) is 26.1 Å². The van der Waals surface area contributed by atoms with Crippen LogP contribution in [0.3, 0.4) is 0 Å². The van der Waals surface area contributed by atoms with Crippen molar-refractivity contribution in [2.24, 2.45) is 7.05 Å². The monoisotopic (exact) mass is 359 g/mol. The maximum absolute atomic E-state index is 12.4. The third-order valence-electron chi connectivity index (χ3n) is 3.90. The van der Waals surface area contributed by atoms with Gasteiger partial charge in [0.2, 0.25) is 0 Å². The van der Waals surface area contributed by atoms with Crippen molar-refractivity contribution in [3.8, 4) is 5.75 Å². The topological polar surface area (TPSA) is 74.0 Å². The molecule has 0 bridgehead atoms. The number of hydrogen-bond acceptors (Lipinski definition) is 4. The first-order valence-electron chi connectivity index (χ1n) is 7.71. The number of aromatic nitrogens is 4. The quantitative estimate of drug-likeness (QED) is 0.734. The average Bonchev–Trinajstić information content (AvgIpc) is 3.20. The van der Waals surface area contributed by atoms with Crippen LogP contribution >= 0.6 is 11.6 Å². The molecule has 25 heavy (non-hydrogen) atoms. The molecule has 7 nitrogen and oxygen atoms in total. The zero-order chi connectivity index (χ0) is 17.8. The number of amides is 1. The van der Waals surface area contributed by atoms with Gasteiger partial charge in [-0.2, -0.15) is 10.2 Å². The number of hydrogen-bond donors (Lipinski definition) is 1. The fraction of sp³-hybridized carbons (Fsp3) is 0.235. The second kappa shape index (κ2) is 7.40. The van der Waals surface area contributed by atoms with Gasteiger partial charge in [0.05, 0.1) is 11.2 Å². The van der Waals surface area contributed by atoms with E-state index >= 15 is 0 Å². The molecule has 0 atom stereocenters. The van der Waals surface area contributed by atoms with Crippen molar-refractivity contribution in [2.75, 3.05) is 0 Å². The third-order valence-corrected chi connectivity index (χ3v) is 4.22. The summed E-state index contributed by atoms with van der Waals surface area (Å²) in [6.45, 7) is 2.44. The lowest BCUT2D eigenvalue weighted by Crippen LogP contribution is -2.26. The molecule has 3 aromatic rings. The van der Waals surface area contributed by atoms with Gasteiger partial charge in [0.15, 0.2) is 6.73 Å². The zero-order valence-corrected chi connectivity index (χ0v) is 14.7. The summed E-state index contributed by atoms with van der Waals surface area (Å²) in [4.78, 5) is 12.4. The highest BCUT2D eigenvalue weighted by molar-refractivity contribution is 6.32. The highest BCUT2D eigenvalue weighted by Crippen LogP contribution is 2.23. The SMILES string of the molecule is Cc1c(CNC(=O)c2ccnn2COc2ccccc2Cl)cnn1C. The summed E-state index contributed by atoms with van der Waals surface area (Å²) < 4.78 is 8.88. The van der Waals surface area contributed by atoms with Crippen LogP contribution in [0, 0.1) is 6.92 Å². The van der Waals surface area contributed by atoms with Gasteiger partial charge in [0.1, 0.15) is 11.4 Å². The van der Waals surface area contributed by atoms with E-state index in [-0.39, 0.29) is 12.6 Å². The standard InChI is InChI=1S/C17H18ClN5O2/c1-12-13(10-21-22(12)2)9-19-17(24)15-7-8-20-23(15)11-25-16-6-4-3-5-14(16)18/h3-8,10H,9,11H2,1-2H3,(H,19,24). The molecule has 8 heteroatoms. The number of nitrogens with zero attached hydrogens (tertiary/aromatic N) is 4. The first-order chi connectivity index (χ1) is 12.1. The number of para-hydroxylation sites is 1. The van der Waals surface area contributed by atoms with E-state index in [0.29, 0.717) is 23.0 Å². The predicted octanol–water partition coefficient (Wildman–Crippen LogP) is 2.54. The molecule has 0 radical (unpaired) electrons. The first kappa shape index (κ1) is 17.0. The van der Waals surface area contributed by atoms with Gasteiger partial charge in [-0.1, -0.05) is 23.7 Å². The van der Waals surface area contributed by atoms with Crippen molar-refractivity contribution in [1.82, 2.24) is 24.9 Å². The van der Waals surface area contributed by atoms with E-state index in [1.165, 1.54) is 4.68 Å². The Hall–Kier alpha value is -2.80. The average molecular weight is 360 g/mol. The molecule has 0 aliphatic heterocycles. The summed E-state index contributed by atoms with van der Waals surface area (Å²) in [5.74, 6) is 0.306. The van der Waals surface area contributed by atoms with Gasteiger partial charge in [-0.05, 0) is 25.1 Å². The van der Waals surface area contributed by atoms with Gasteiger partial charge >= 0.3 is 0 Å². The van der Waals surface area contributed by atoms with Crippen LogP contribution in [0.2, 0.25) is 5.02 Å². The number of aryl methyl sites for hydroxylation is 1. The Balaban J connectivity index is 1.63. The highest BCUT2D eigenvalue weighted by Gasteiger charge is 2.13. The van der Waals surface area contributed by atoms with Crippen LogP contribution in [0.4, 0.5) is 0 Å². The smallest absolute Gasteiger partial charge is 0.269 e. The Morgan fingerprint density at radius 1 is 1.28 bits per heavy atom. The van der Waals surface area contributed by atoms with Crippen molar-refractivity contribution >= 4 is 17.5 Å². The van der Waals surface area contributed by atoms with Crippen LogP contribution in [0.1, 0.15) is 21.7 Å². The van der Waals surface area contributed by atoms with Crippen molar-refractivity contribution in [1.29, 1.82) is 0 Å². The normalized spacial score (nSPS) is 10.7. The van der Waals surface area contributed by atoms with Crippen molar-refractivity contribution in [3.05, 3.63) is 64.7 Å². The molecular weight excluding hydrogens is 342 g/mol. The summed E-state index contributed by atoms with van der Waals surface area (Å²) in [5, 5.41) is 11.7. The molecule has 0 saturated carbocycles. The van der Waals surface area contributed by atoms with Gasteiger partial charge < -0.3 is 10.1 Å². The maximum atomic E-state index is 12.4. The number of rotatable bonds is 6. The minimum absolute atomic E-state index is 0.0887. The third kappa shape index (κ3) is 3.83. The second-order valence-corrected chi connectivity index (χ2v) is 5.89. The minimum atomic E-state index is -0.233. The van der Waals surface area contributed by atoms with Crippen LogP contribution < -0.4 is 10.1 Å². The summed E-state index contributed by atoms with van der Waals surface area (Å²) in [7, 11) is 1.86. The lowest BCUT2D eigenvalue weighted by molar-refractivity contribution is 0.0929. The molecule has 130 valence electrons. The number of halogens is 1. The Morgan fingerprint density at radius 2 is 2.08 bits per heavy atom. The predicted molar refractivity (Wildman–Crippen MR) is 93.4 cm³/mol. The fourth-order valence-electron chi connectivity index (χ4n) is 2.30. The first-order valence-corrected chi connectivity index (χ1v) is 8.09. The minimum Gasteiger partial charge on any atom is -0.470 e. The summed E-state index contributed by atoms with van der Waals surface area (Å²) >= 11 is 6.06. The molecule has 2 aromatic heterocycles. The molecule has 2 heterocycles. The van der Waals surface area contributed by atoms with Crippen molar-refractivity contribution in [2.45, 2.75) is 20.2 Å². The van der Waals surface area contributed by atoms with E-state index in [9.17, 15) is 4.79 Å². The molecule has 1 N–H and O–H groups in total. The number of carbonyl (C=O) groups is 1. The zero-order valence-electron chi connectivity index (χ0n) is 13.9. The highest BCUT2D eigenvalue weighted by atomic mass is 35.5. The molecule has 0 unspecified atom stereocenters. The molecule has 0 fully saturated rings. The van der Waals surface area contributed by atoms with Crippen LogP contribution in [-0.2, 0) is 20.3 Å². The number of ether oxygens (including phenoxy) is 1. The van der Waals surface area contributed by atoms with Gasteiger partial charge in [-0.15, -0.1) is 0 Å². The Labute approximate surface area is 150 Å². The molecule has 0 aliphatic carbocycles. The Kier molecular flexibility index (Phi) is 5.04. The van der Waals surface area contributed by atoms with E-state index in [0.717, 1.165) is 11.3 Å². The lowest BCUT2D eigenvalue weighted by Gasteiger charge is -2.11. The maximum Gasteiger partial charge on any atom is 0.269 e. The molecule has 3 rings (SSSR count). The summed E-state index contributed by atoms with van der Waals surface area (Å²) in [6.07, 6.45) is 3.30. The van der Waals surface area contributed by atoms with E-state index < -0.39 is 0 Å². The van der Waals surface area contributed by atoms with E-state index in [2.05, 4.69) is 15.5 Å². The van der Waals surface area contributed by atoms with Gasteiger partial charge in [-0.3, -0.25) is 9.48 Å². The molecule has 1 aromatic carbocycles. The Morgan fingerprint density at radius 3 is 2.80 bits per heavy atom. The lowest BCUT2D eigenvalue weighted by atomic mass is 10.2. The molecular formula is C17H18ClN5O2. The number of nitrogens with one attached hydrogen (secondary N) is 1. The van der Waals surface area contributed by atoms with E-state index in [4.69, 9.17) is 16.3 Å². The summed E-state index contributed by atoms with van der Waals surface area (Å²) in [6, 6.07) is 8.79. The van der Waals surface area contributed by atoms with Gasteiger partial charge in [0, 0.05) is 31.0 Å². The molecule has 0 spiro atoms. The molecule has 0 saturated heterocycles. The Bertz CT molecular complexity index is 887. The van der Waals surface area contributed by atoms with Crippen LogP contribution in [0.25, 0.3) is 0 Å². The van der Waals surface area contributed by atoms with Crippen molar-refractivity contribution < 1.29 is 9.53 Å². The number of benzene rings is 1. The van der Waals surface area contributed by atoms with Gasteiger partial charge in [0.25, 0.3) is 5.91 Å². The second-order valence-electron chi connectivity index (χ2n) is 5.48. The van der Waals surface area contributed by atoms with Crippen molar-refractivity contribution in [3.63, 3.8) is 0 Å². The van der Waals surface area contributed by atoms with Crippen LogP contribution in [0.15, 0.2) is 42.7 Å².